The molecule has 0 N–H and O–H groups in total. The lowest BCUT2D eigenvalue weighted by Gasteiger charge is -2.11. The fourth-order valence-electron chi connectivity index (χ4n) is 0.925. The van der Waals surface area contributed by atoms with Gasteiger partial charge < -0.3 is 5.11 Å². The van der Waals surface area contributed by atoms with Crippen molar-refractivity contribution in [3.8, 4) is 0 Å². The average Bonchev–Trinajstić information content (AvgIpc) is 2.21. The average molecular weight is 233 g/mol. The fraction of sp³-hybridized carbons (Fsp3) is 0.100. The molecular weight excluding hydrogens is 228 g/mol. The van der Waals surface area contributed by atoms with Gasteiger partial charge in [0, 0.05) is 0 Å². The van der Waals surface area contributed by atoms with E-state index in [0.29, 0.717) is 12.1 Å². The first kappa shape index (κ1) is 12.2. The summed E-state index contributed by atoms with van der Waals surface area (Å²) in [5, 5.41) is 11.1. The number of carbonyl (C=O) groups excluding carboxylic acids is 1. The van der Waals surface area contributed by atoms with E-state index in [1.165, 1.54) is 0 Å². The first-order valence-electron chi connectivity index (χ1n) is 4.08. The van der Waals surface area contributed by atoms with Crippen LogP contribution in [0.4, 0.5) is 17.6 Å². The van der Waals surface area contributed by atoms with E-state index >= 15 is 0 Å². The van der Waals surface area contributed by atoms with Gasteiger partial charge in [-0.05, 0) is 23.8 Å². The molecule has 0 unspecified atom stereocenters. The molecular formula is C10H5F4O2-. The molecule has 0 aliphatic heterocycles. The van der Waals surface area contributed by atoms with Crippen molar-refractivity contribution in [1.82, 2.24) is 0 Å². The van der Waals surface area contributed by atoms with Crippen molar-refractivity contribution in [3.05, 3.63) is 41.5 Å². The Morgan fingerprint density at radius 3 is 2.38 bits per heavy atom. The highest BCUT2D eigenvalue weighted by molar-refractivity contribution is 5.97. The van der Waals surface area contributed by atoms with Crippen LogP contribution in [0.3, 0.4) is 0 Å². The van der Waals surface area contributed by atoms with Gasteiger partial charge in [-0.2, -0.15) is 0 Å². The molecule has 0 spiro atoms. The highest BCUT2D eigenvalue weighted by Gasteiger charge is 2.11. The minimum atomic E-state index is -3.30. The van der Waals surface area contributed by atoms with E-state index in [-0.39, 0.29) is 11.6 Å². The zero-order valence-corrected chi connectivity index (χ0v) is 7.72. The number of hydrogen-bond acceptors (Lipinski definition) is 2. The Balaban J connectivity index is 3.01. The molecule has 16 heavy (non-hydrogen) atoms. The number of alkyl halides is 2. The number of hydrogen-bond donors (Lipinski definition) is 0. The van der Waals surface area contributed by atoms with Gasteiger partial charge in [-0.1, -0.05) is 11.8 Å². The molecule has 0 fully saturated rings. The van der Waals surface area contributed by atoms with Gasteiger partial charge in [-0.3, -0.25) is 4.79 Å². The van der Waals surface area contributed by atoms with Crippen LogP contribution < -0.4 is 5.11 Å². The van der Waals surface area contributed by atoms with Crippen LogP contribution in [-0.4, -0.2) is 12.2 Å². The lowest BCUT2D eigenvalue weighted by Crippen LogP contribution is -2.11. The van der Waals surface area contributed by atoms with Crippen molar-refractivity contribution in [2.45, 2.75) is 6.43 Å². The molecule has 6 heteroatoms. The number of ketones is 1. The van der Waals surface area contributed by atoms with Gasteiger partial charge in [-0.25, -0.2) is 17.6 Å². The predicted octanol–water partition coefficient (Wildman–Crippen LogP) is 1.50. The van der Waals surface area contributed by atoms with E-state index < -0.39 is 29.6 Å². The summed E-state index contributed by atoms with van der Waals surface area (Å²) in [5.74, 6) is -5.22. The second-order valence-electron chi connectivity index (χ2n) is 2.84. The van der Waals surface area contributed by atoms with Gasteiger partial charge in [0.15, 0.2) is 11.6 Å². The van der Waals surface area contributed by atoms with Crippen LogP contribution >= 0.6 is 0 Å². The van der Waals surface area contributed by atoms with E-state index in [4.69, 9.17) is 0 Å². The zero-order valence-electron chi connectivity index (χ0n) is 7.72. The topological polar surface area (TPSA) is 40.1 Å². The van der Waals surface area contributed by atoms with Crippen LogP contribution in [-0.2, 0) is 4.79 Å². The first-order chi connectivity index (χ1) is 7.41. The molecule has 1 aromatic carbocycles. The Hall–Kier alpha value is -1.85. The molecule has 0 heterocycles. The number of halogens is 4. The van der Waals surface area contributed by atoms with Crippen LogP contribution in [0.1, 0.15) is 5.56 Å². The van der Waals surface area contributed by atoms with Crippen LogP contribution in [0.5, 0.6) is 0 Å². The van der Waals surface area contributed by atoms with Gasteiger partial charge >= 0.3 is 0 Å². The van der Waals surface area contributed by atoms with Gasteiger partial charge in [-0.15, -0.1) is 0 Å². The van der Waals surface area contributed by atoms with Crippen molar-refractivity contribution < 1.29 is 27.5 Å². The number of allylic oxidation sites excluding steroid dienone is 1. The zero-order chi connectivity index (χ0) is 12.3. The van der Waals surface area contributed by atoms with Crippen molar-refractivity contribution >= 4 is 11.5 Å². The van der Waals surface area contributed by atoms with Gasteiger partial charge in [0.05, 0.1) is 0 Å². The molecule has 0 bridgehead atoms. The van der Waals surface area contributed by atoms with Crippen LogP contribution in [0.15, 0.2) is 24.3 Å². The van der Waals surface area contributed by atoms with Crippen LogP contribution in [0.25, 0.3) is 5.76 Å². The Morgan fingerprint density at radius 2 is 1.88 bits per heavy atom. The van der Waals surface area contributed by atoms with Gasteiger partial charge in [0.25, 0.3) is 6.43 Å². The summed E-state index contributed by atoms with van der Waals surface area (Å²) in [6, 6.07) is 2.10. The lowest BCUT2D eigenvalue weighted by molar-refractivity contribution is -0.244. The Kier molecular flexibility index (Phi) is 3.65. The normalized spacial score (nSPS) is 11.9. The van der Waals surface area contributed by atoms with Crippen molar-refractivity contribution in [3.63, 3.8) is 0 Å². The molecule has 0 radical (unpaired) electrons. The summed E-state index contributed by atoms with van der Waals surface area (Å²) in [4.78, 5) is 10.5. The minimum absolute atomic E-state index is 0.150. The quantitative estimate of drug-likeness (QED) is 0.451. The first-order valence-corrected chi connectivity index (χ1v) is 4.08. The SMILES string of the molecule is O=C(/C=C(\[O-])c1ccc(F)c(F)c1)C(F)F. The lowest BCUT2D eigenvalue weighted by atomic mass is 10.1. The van der Waals surface area contributed by atoms with Crippen molar-refractivity contribution in [2.24, 2.45) is 0 Å². The number of carbonyl (C=O) groups is 1. The van der Waals surface area contributed by atoms with Crippen LogP contribution in [0.2, 0.25) is 0 Å². The van der Waals surface area contributed by atoms with E-state index in [1.807, 2.05) is 0 Å². The summed E-state index contributed by atoms with van der Waals surface area (Å²) < 4.78 is 48.7. The van der Waals surface area contributed by atoms with E-state index in [0.717, 1.165) is 6.07 Å². The summed E-state index contributed by atoms with van der Waals surface area (Å²) in [5.41, 5.74) is -0.368. The maximum absolute atomic E-state index is 12.7. The Morgan fingerprint density at radius 1 is 1.25 bits per heavy atom. The van der Waals surface area contributed by atoms with Crippen molar-refractivity contribution in [1.29, 1.82) is 0 Å². The van der Waals surface area contributed by atoms with Crippen molar-refractivity contribution in [2.75, 3.05) is 0 Å². The molecule has 86 valence electrons. The summed E-state index contributed by atoms with van der Waals surface area (Å²) in [6.07, 6.45) is -3.15. The summed E-state index contributed by atoms with van der Waals surface area (Å²) in [6.45, 7) is 0. The molecule has 1 aromatic rings. The molecule has 1 rings (SSSR count). The van der Waals surface area contributed by atoms with E-state index in [2.05, 4.69) is 0 Å². The molecule has 0 saturated heterocycles. The van der Waals surface area contributed by atoms with E-state index in [9.17, 15) is 27.5 Å². The Bertz CT molecular complexity index is 440. The molecule has 0 saturated carbocycles. The highest BCUT2D eigenvalue weighted by atomic mass is 19.3. The van der Waals surface area contributed by atoms with Gasteiger partial charge in [0.1, 0.15) is 0 Å². The molecule has 0 aliphatic rings. The largest absolute Gasteiger partial charge is 0.872 e. The third kappa shape index (κ3) is 2.82. The van der Waals surface area contributed by atoms with Gasteiger partial charge in [0.2, 0.25) is 5.78 Å². The second kappa shape index (κ2) is 4.78. The summed E-state index contributed by atoms with van der Waals surface area (Å²) in [7, 11) is 0. The second-order valence-corrected chi connectivity index (χ2v) is 2.84. The standard InChI is InChI=1S/C10H6F4O2/c11-6-2-1-5(3-7(6)12)8(15)4-9(16)10(13)14/h1-4,10,15H/p-1/b8-4-. The predicted molar refractivity (Wildman–Crippen MR) is 45.3 cm³/mol. The maximum Gasteiger partial charge on any atom is 0.299 e. The Labute approximate surface area is 87.8 Å². The minimum Gasteiger partial charge on any atom is -0.872 e. The summed E-state index contributed by atoms with van der Waals surface area (Å²) >= 11 is 0. The highest BCUT2D eigenvalue weighted by Crippen LogP contribution is 2.14. The molecule has 2 nitrogen and oxygen atoms in total. The smallest absolute Gasteiger partial charge is 0.299 e. The third-order valence-corrected chi connectivity index (χ3v) is 1.69. The number of rotatable bonds is 3. The number of benzene rings is 1. The molecule has 0 amide bonds. The molecule has 0 aromatic heterocycles. The van der Waals surface area contributed by atoms with Crippen LogP contribution in [0, 0.1) is 11.6 Å². The molecule has 0 aliphatic carbocycles. The van der Waals surface area contributed by atoms with E-state index in [1.54, 1.807) is 0 Å². The monoisotopic (exact) mass is 233 g/mol. The fourth-order valence-corrected chi connectivity index (χ4v) is 0.925. The molecule has 0 atom stereocenters. The third-order valence-electron chi connectivity index (χ3n) is 1.69. The maximum atomic E-state index is 12.7.